The van der Waals surface area contributed by atoms with Crippen LogP contribution in [0.3, 0.4) is 0 Å². The predicted molar refractivity (Wildman–Crippen MR) is 85.3 cm³/mol. The molecule has 0 spiro atoms. The van der Waals surface area contributed by atoms with E-state index in [4.69, 9.17) is 0 Å². The second kappa shape index (κ2) is 5.40. The molecular formula is C14H18O3S3. The van der Waals surface area contributed by atoms with Gasteiger partial charge in [-0.2, -0.15) is 0 Å². The highest BCUT2D eigenvalue weighted by Crippen LogP contribution is 2.41. The van der Waals surface area contributed by atoms with Crippen molar-refractivity contribution in [1.29, 1.82) is 0 Å². The van der Waals surface area contributed by atoms with E-state index in [2.05, 4.69) is 17.5 Å². The van der Waals surface area contributed by atoms with Crippen LogP contribution in [0.25, 0.3) is 9.40 Å². The molecule has 1 fully saturated rings. The lowest BCUT2D eigenvalue weighted by Crippen LogP contribution is -2.30. The molecule has 0 aliphatic heterocycles. The molecule has 110 valence electrons. The number of aliphatic hydroxyl groups is 1. The average Bonchev–Trinajstić information content (AvgIpc) is 2.97. The maximum absolute atomic E-state index is 11.7. The second-order valence-electron chi connectivity index (χ2n) is 5.62. The minimum atomic E-state index is -2.99. The summed E-state index contributed by atoms with van der Waals surface area (Å²) in [6.45, 7) is 0. The Labute approximate surface area is 127 Å². The molecule has 3 rings (SSSR count). The fourth-order valence-electron chi connectivity index (χ4n) is 3.02. The van der Waals surface area contributed by atoms with Crippen LogP contribution in [0.5, 0.6) is 0 Å². The van der Waals surface area contributed by atoms with Crippen LogP contribution in [0, 0.1) is 5.92 Å². The van der Waals surface area contributed by atoms with Gasteiger partial charge < -0.3 is 5.11 Å². The third-order valence-corrected chi connectivity index (χ3v) is 7.97. The van der Waals surface area contributed by atoms with Crippen LogP contribution in [-0.4, -0.2) is 25.0 Å². The number of hydrogen-bond acceptors (Lipinski definition) is 5. The zero-order valence-electron chi connectivity index (χ0n) is 11.3. The smallest absolute Gasteiger partial charge is 0.150 e. The van der Waals surface area contributed by atoms with Crippen molar-refractivity contribution in [1.82, 2.24) is 0 Å². The number of hydrogen-bond donors (Lipinski definition) is 1. The van der Waals surface area contributed by atoms with Gasteiger partial charge in [0.05, 0.1) is 11.4 Å². The van der Waals surface area contributed by atoms with Crippen LogP contribution in [0.2, 0.25) is 0 Å². The van der Waals surface area contributed by atoms with Gasteiger partial charge in [-0.1, -0.05) is 6.42 Å². The lowest BCUT2D eigenvalue weighted by atomic mass is 9.84. The third-order valence-electron chi connectivity index (χ3n) is 4.17. The van der Waals surface area contributed by atoms with E-state index < -0.39 is 15.9 Å². The topological polar surface area (TPSA) is 54.4 Å². The van der Waals surface area contributed by atoms with Gasteiger partial charge in [0.2, 0.25) is 0 Å². The van der Waals surface area contributed by atoms with E-state index in [9.17, 15) is 13.5 Å². The molecule has 3 atom stereocenters. The van der Waals surface area contributed by atoms with Crippen molar-refractivity contribution < 1.29 is 13.5 Å². The molecule has 3 nitrogen and oxygen atoms in total. The third kappa shape index (κ3) is 2.79. The van der Waals surface area contributed by atoms with Crippen molar-refractivity contribution in [2.75, 3.05) is 6.26 Å². The Kier molecular flexibility index (Phi) is 3.92. The van der Waals surface area contributed by atoms with Crippen LogP contribution < -0.4 is 0 Å². The van der Waals surface area contributed by atoms with Gasteiger partial charge in [-0.25, -0.2) is 8.42 Å². The summed E-state index contributed by atoms with van der Waals surface area (Å²) in [6, 6.07) is 4.13. The summed E-state index contributed by atoms with van der Waals surface area (Å²) >= 11 is 3.31. The second-order valence-corrected chi connectivity index (χ2v) is 10.0. The van der Waals surface area contributed by atoms with Crippen LogP contribution in [0.4, 0.5) is 0 Å². The van der Waals surface area contributed by atoms with Gasteiger partial charge >= 0.3 is 0 Å². The lowest BCUT2D eigenvalue weighted by Gasteiger charge is -2.30. The van der Waals surface area contributed by atoms with E-state index >= 15 is 0 Å². The molecular weight excluding hydrogens is 312 g/mol. The number of fused-ring (bicyclic) bond motifs is 1. The molecule has 0 aromatic carbocycles. The highest BCUT2D eigenvalue weighted by Gasteiger charge is 2.33. The van der Waals surface area contributed by atoms with Gasteiger partial charge in [0.15, 0.2) is 0 Å². The van der Waals surface area contributed by atoms with E-state index in [0.29, 0.717) is 6.42 Å². The lowest BCUT2D eigenvalue weighted by molar-refractivity contribution is 0.0888. The quantitative estimate of drug-likeness (QED) is 0.935. The van der Waals surface area contributed by atoms with E-state index in [1.807, 2.05) is 0 Å². The molecule has 1 saturated carbocycles. The van der Waals surface area contributed by atoms with E-state index in [1.165, 1.54) is 15.7 Å². The largest absolute Gasteiger partial charge is 0.387 e. The Bertz CT molecular complexity index is 670. The van der Waals surface area contributed by atoms with Crippen molar-refractivity contribution in [3.63, 3.8) is 0 Å². The van der Waals surface area contributed by atoms with Crippen molar-refractivity contribution in [3.8, 4) is 0 Å². The standard InChI is InChI=1S/C14H18O3S3/c1-20(16,17)10-4-2-3-9(7-10)14(15)13-8-12-11(19-13)5-6-18-12/h5-6,8-10,14-15H,2-4,7H2,1H3. The number of rotatable bonds is 3. The summed E-state index contributed by atoms with van der Waals surface area (Å²) in [5.41, 5.74) is 0. The van der Waals surface area contributed by atoms with Gasteiger partial charge in [0.1, 0.15) is 9.84 Å². The Hall–Kier alpha value is -0.430. The first-order valence-corrected chi connectivity index (χ1v) is 10.4. The molecule has 0 saturated heterocycles. The fourth-order valence-corrected chi connectivity index (χ4v) is 6.41. The molecule has 2 aromatic heterocycles. The van der Waals surface area contributed by atoms with Crippen molar-refractivity contribution >= 4 is 41.9 Å². The van der Waals surface area contributed by atoms with Crippen LogP contribution in [0.1, 0.15) is 36.7 Å². The molecule has 20 heavy (non-hydrogen) atoms. The number of aliphatic hydroxyl groups excluding tert-OH is 1. The number of sulfone groups is 1. The summed E-state index contributed by atoms with van der Waals surface area (Å²) in [7, 11) is -2.99. The minimum Gasteiger partial charge on any atom is -0.387 e. The van der Waals surface area contributed by atoms with E-state index in [0.717, 1.165) is 24.1 Å². The average molecular weight is 330 g/mol. The zero-order chi connectivity index (χ0) is 14.3. The van der Waals surface area contributed by atoms with Gasteiger partial charge in [0, 0.05) is 20.5 Å². The first kappa shape index (κ1) is 14.5. The summed E-state index contributed by atoms with van der Waals surface area (Å²) in [4.78, 5) is 0.978. The molecule has 1 N–H and O–H groups in total. The van der Waals surface area contributed by atoms with Gasteiger partial charge in [0.25, 0.3) is 0 Å². The Morgan fingerprint density at radius 3 is 2.85 bits per heavy atom. The Morgan fingerprint density at radius 2 is 2.15 bits per heavy atom. The molecule has 0 radical (unpaired) electrons. The molecule has 1 aliphatic rings. The van der Waals surface area contributed by atoms with Gasteiger partial charge in [-0.15, -0.1) is 22.7 Å². The van der Waals surface area contributed by atoms with Crippen LogP contribution >= 0.6 is 22.7 Å². The van der Waals surface area contributed by atoms with Crippen molar-refractivity contribution in [2.45, 2.75) is 37.0 Å². The molecule has 2 heterocycles. The zero-order valence-corrected chi connectivity index (χ0v) is 13.7. The minimum absolute atomic E-state index is 0.0660. The highest BCUT2D eigenvalue weighted by molar-refractivity contribution is 7.91. The monoisotopic (exact) mass is 330 g/mol. The molecule has 0 amide bonds. The van der Waals surface area contributed by atoms with Crippen molar-refractivity contribution in [2.24, 2.45) is 5.92 Å². The van der Waals surface area contributed by atoms with E-state index in [1.54, 1.807) is 22.7 Å². The van der Waals surface area contributed by atoms with Crippen molar-refractivity contribution in [3.05, 3.63) is 22.4 Å². The predicted octanol–water partition coefficient (Wildman–Crippen LogP) is 3.60. The maximum Gasteiger partial charge on any atom is 0.150 e. The Balaban J connectivity index is 1.79. The fraction of sp³-hybridized carbons (Fsp3) is 0.571. The normalized spacial score (nSPS) is 25.9. The molecule has 1 aliphatic carbocycles. The SMILES string of the molecule is CS(=O)(=O)C1CCCC(C(O)c2cc3sccc3s2)C1. The van der Waals surface area contributed by atoms with E-state index in [-0.39, 0.29) is 11.2 Å². The first-order valence-electron chi connectivity index (χ1n) is 6.79. The summed E-state index contributed by atoms with van der Waals surface area (Å²) in [5, 5.41) is 12.3. The molecule has 0 bridgehead atoms. The first-order chi connectivity index (χ1) is 9.45. The summed E-state index contributed by atoms with van der Waals surface area (Å²) < 4.78 is 25.8. The summed E-state index contributed by atoms with van der Waals surface area (Å²) in [5.74, 6) is 0.0660. The number of thiophene rings is 2. The highest BCUT2D eigenvalue weighted by atomic mass is 32.2. The van der Waals surface area contributed by atoms with Gasteiger partial charge in [-0.3, -0.25) is 0 Å². The maximum atomic E-state index is 11.7. The van der Waals surface area contributed by atoms with Crippen LogP contribution in [-0.2, 0) is 9.84 Å². The van der Waals surface area contributed by atoms with Crippen LogP contribution in [0.15, 0.2) is 17.5 Å². The Morgan fingerprint density at radius 1 is 1.35 bits per heavy atom. The molecule has 3 unspecified atom stereocenters. The molecule has 6 heteroatoms. The molecule has 2 aromatic rings. The summed E-state index contributed by atoms with van der Waals surface area (Å²) in [6.07, 6.45) is 3.92. The van der Waals surface area contributed by atoms with Gasteiger partial charge in [-0.05, 0) is 42.7 Å².